The van der Waals surface area contributed by atoms with Gasteiger partial charge in [-0.05, 0) is 35.2 Å². The maximum absolute atomic E-state index is 11.8. The van der Waals surface area contributed by atoms with Crippen molar-refractivity contribution in [3.63, 3.8) is 0 Å². The highest BCUT2D eigenvalue weighted by Crippen LogP contribution is 2.55. The number of hydrogen-bond acceptors (Lipinski definition) is 5. The third-order valence-electron chi connectivity index (χ3n) is 8.99. The van der Waals surface area contributed by atoms with E-state index >= 15 is 0 Å². The number of fused-ring (bicyclic) bond motifs is 1. The normalized spacial score (nSPS) is 28.0. The van der Waals surface area contributed by atoms with Crippen LogP contribution < -0.4 is 10.4 Å². The lowest BCUT2D eigenvalue weighted by atomic mass is 9.93. The van der Waals surface area contributed by atoms with Gasteiger partial charge in [0.15, 0.2) is 0 Å². The summed E-state index contributed by atoms with van der Waals surface area (Å²) in [5.41, 5.74) is -1.06. The highest BCUT2D eigenvalue weighted by atomic mass is 28.4. The standard InChI is InChI=1S/C33H52O5Si2/c1-30(2,3)39(25-17-13-11-14-18-25,26-19-15-12-16-20-26)35-24-29-33(10,34)22-21-27-28(37-29)23-36-40(38-27,31(4,5)6)32(7,8)9/h11-20,27-29,34H,21-24H2,1-10H3/t27-,28+,29-,33+/m0/s1. The number of ether oxygens (including phenoxy) is 1. The lowest BCUT2D eigenvalue weighted by Crippen LogP contribution is -2.68. The Labute approximate surface area is 245 Å². The minimum absolute atomic E-state index is 0.100. The van der Waals surface area contributed by atoms with Crippen LogP contribution in [-0.4, -0.2) is 59.1 Å². The zero-order valence-electron chi connectivity index (χ0n) is 26.4. The summed E-state index contributed by atoms with van der Waals surface area (Å²) in [5, 5.41) is 13.9. The van der Waals surface area contributed by atoms with Gasteiger partial charge in [-0.3, -0.25) is 0 Å². The second kappa shape index (κ2) is 11.1. The molecule has 0 radical (unpaired) electrons. The van der Waals surface area contributed by atoms with E-state index in [-0.39, 0.29) is 27.3 Å². The van der Waals surface area contributed by atoms with Crippen molar-refractivity contribution in [3.8, 4) is 0 Å². The lowest BCUT2D eigenvalue weighted by Gasteiger charge is -2.54. The second-order valence-electron chi connectivity index (χ2n) is 15.1. The first-order valence-electron chi connectivity index (χ1n) is 14.9. The molecule has 2 aliphatic heterocycles. The van der Waals surface area contributed by atoms with Crippen LogP contribution in [0.25, 0.3) is 0 Å². The molecule has 0 aliphatic carbocycles. The van der Waals surface area contributed by atoms with Crippen molar-refractivity contribution in [1.82, 2.24) is 0 Å². The van der Waals surface area contributed by atoms with Crippen LogP contribution >= 0.6 is 0 Å². The maximum Gasteiger partial charge on any atom is 0.349 e. The smallest absolute Gasteiger partial charge is 0.349 e. The second-order valence-corrected chi connectivity index (χ2v) is 24.2. The average molecular weight is 585 g/mol. The minimum Gasteiger partial charge on any atom is -0.405 e. The van der Waals surface area contributed by atoms with Crippen LogP contribution in [0.3, 0.4) is 0 Å². The van der Waals surface area contributed by atoms with E-state index in [1.165, 1.54) is 10.4 Å². The Hall–Kier alpha value is -1.33. The number of benzene rings is 2. The molecule has 5 nitrogen and oxygen atoms in total. The highest BCUT2D eigenvalue weighted by molar-refractivity contribution is 6.99. The summed E-state index contributed by atoms with van der Waals surface area (Å²) in [6.45, 7) is 22.9. The molecule has 2 aromatic rings. The van der Waals surface area contributed by atoms with Gasteiger partial charge in [-0.25, -0.2) is 0 Å². The Morgan fingerprint density at radius 1 is 0.850 bits per heavy atom. The Kier molecular flexibility index (Phi) is 8.74. The molecule has 0 spiro atoms. The van der Waals surface area contributed by atoms with Gasteiger partial charge in [-0.15, -0.1) is 0 Å². The van der Waals surface area contributed by atoms with E-state index in [9.17, 15) is 5.11 Å². The molecule has 2 aromatic carbocycles. The Morgan fingerprint density at radius 2 is 1.35 bits per heavy atom. The molecule has 0 amide bonds. The summed E-state index contributed by atoms with van der Waals surface area (Å²) >= 11 is 0. The minimum atomic E-state index is -2.78. The number of hydrogen-bond donors (Lipinski definition) is 1. The molecule has 4 rings (SSSR count). The van der Waals surface area contributed by atoms with Gasteiger partial charge in [-0.2, -0.15) is 0 Å². The van der Waals surface area contributed by atoms with Gasteiger partial charge in [0.25, 0.3) is 8.32 Å². The largest absolute Gasteiger partial charge is 0.405 e. The molecule has 2 aliphatic rings. The fraction of sp³-hybridized carbons (Fsp3) is 0.636. The van der Waals surface area contributed by atoms with E-state index < -0.39 is 28.6 Å². The van der Waals surface area contributed by atoms with Gasteiger partial charge in [0, 0.05) is 10.1 Å². The fourth-order valence-corrected chi connectivity index (χ4v) is 16.6. The van der Waals surface area contributed by atoms with E-state index in [0.717, 1.165) is 6.42 Å². The topological polar surface area (TPSA) is 57.2 Å². The third-order valence-corrected chi connectivity index (χ3v) is 19.2. The van der Waals surface area contributed by atoms with E-state index in [2.05, 4.69) is 123 Å². The van der Waals surface area contributed by atoms with E-state index in [0.29, 0.717) is 19.6 Å². The van der Waals surface area contributed by atoms with Crippen LogP contribution in [0.4, 0.5) is 0 Å². The molecule has 222 valence electrons. The monoisotopic (exact) mass is 584 g/mol. The van der Waals surface area contributed by atoms with Gasteiger partial charge in [0.1, 0.15) is 12.2 Å². The van der Waals surface area contributed by atoms with Crippen LogP contribution in [0.5, 0.6) is 0 Å². The molecule has 40 heavy (non-hydrogen) atoms. The van der Waals surface area contributed by atoms with Gasteiger partial charge in [-0.1, -0.05) is 123 Å². The van der Waals surface area contributed by atoms with Gasteiger partial charge >= 0.3 is 8.56 Å². The molecule has 2 fully saturated rings. The van der Waals surface area contributed by atoms with Crippen molar-refractivity contribution in [2.75, 3.05) is 13.2 Å². The first-order valence-corrected chi connectivity index (χ1v) is 18.6. The molecule has 4 atom stereocenters. The van der Waals surface area contributed by atoms with Crippen LogP contribution in [0.2, 0.25) is 15.1 Å². The van der Waals surface area contributed by atoms with Crippen molar-refractivity contribution in [1.29, 1.82) is 0 Å². The Morgan fingerprint density at radius 3 is 1.80 bits per heavy atom. The summed E-state index contributed by atoms with van der Waals surface area (Å²) in [6.07, 6.45) is 0.462. The Balaban J connectivity index is 1.66. The lowest BCUT2D eigenvalue weighted by molar-refractivity contribution is -0.166. The molecule has 0 aromatic heterocycles. The predicted molar refractivity (Wildman–Crippen MR) is 168 cm³/mol. The molecule has 2 saturated heterocycles. The van der Waals surface area contributed by atoms with Crippen LogP contribution in [0.1, 0.15) is 82.1 Å². The summed E-state index contributed by atoms with van der Waals surface area (Å²) in [4.78, 5) is 0. The van der Waals surface area contributed by atoms with Crippen molar-refractivity contribution in [2.45, 2.75) is 121 Å². The van der Waals surface area contributed by atoms with Gasteiger partial charge < -0.3 is 23.1 Å². The van der Waals surface area contributed by atoms with Gasteiger partial charge in [0.05, 0.1) is 24.9 Å². The summed E-state index contributed by atoms with van der Waals surface area (Å²) < 4.78 is 27.7. The van der Waals surface area contributed by atoms with E-state index in [1.807, 2.05) is 6.92 Å². The van der Waals surface area contributed by atoms with Crippen molar-refractivity contribution in [3.05, 3.63) is 60.7 Å². The maximum atomic E-state index is 11.8. The molecule has 0 saturated carbocycles. The molecule has 1 N–H and O–H groups in total. The quantitative estimate of drug-likeness (QED) is 0.417. The zero-order valence-corrected chi connectivity index (χ0v) is 28.4. The molecular formula is C33H52O5Si2. The summed E-state index contributed by atoms with van der Waals surface area (Å²) in [7, 11) is -5.41. The molecule has 0 unspecified atom stereocenters. The van der Waals surface area contributed by atoms with E-state index in [4.69, 9.17) is 18.0 Å². The number of rotatable bonds is 5. The summed E-state index contributed by atoms with van der Waals surface area (Å²) in [6, 6.07) is 21.2. The first-order chi connectivity index (χ1) is 18.4. The Bertz CT molecular complexity index is 1060. The summed E-state index contributed by atoms with van der Waals surface area (Å²) in [5.74, 6) is 0. The molecule has 0 bridgehead atoms. The van der Waals surface area contributed by atoms with Crippen LogP contribution in [-0.2, 0) is 18.0 Å². The van der Waals surface area contributed by atoms with Crippen LogP contribution in [0, 0.1) is 0 Å². The fourth-order valence-electron chi connectivity index (χ4n) is 7.05. The molecular weight excluding hydrogens is 533 g/mol. The predicted octanol–water partition coefficient (Wildman–Crippen LogP) is 6.32. The molecule has 7 heteroatoms. The van der Waals surface area contributed by atoms with Crippen molar-refractivity contribution >= 4 is 27.3 Å². The average Bonchev–Trinajstić information content (AvgIpc) is 2.98. The van der Waals surface area contributed by atoms with Crippen molar-refractivity contribution < 1.29 is 23.1 Å². The van der Waals surface area contributed by atoms with Gasteiger partial charge in [0.2, 0.25) is 0 Å². The molecule has 2 heterocycles. The zero-order chi connectivity index (χ0) is 29.6. The van der Waals surface area contributed by atoms with Crippen molar-refractivity contribution in [2.24, 2.45) is 0 Å². The highest BCUT2D eigenvalue weighted by Gasteiger charge is 2.63. The van der Waals surface area contributed by atoms with Crippen LogP contribution in [0.15, 0.2) is 60.7 Å². The first kappa shape index (κ1) is 31.6. The number of aliphatic hydroxyl groups is 1. The SMILES string of the molecule is CC(C)(C)[Si](OC[C@@H]1O[C@@H]2CO[Si](C(C)(C)C)(C(C)(C)C)O[C@H]2CC[C@@]1(C)O)(c1ccccc1)c1ccccc1. The third kappa shape index (κ3) is 5.68. The van der Waals surface area contributed by atoms with E-state index in [1.54, 1.807) is 0 Å².